The van der Waals surface area contributed by atoms with E-state index in [9.17, 15) is 4.79 Å². The Kier molecular flexibility index (Phi) is 3.42. The number of H-pyrrole nitrogens is 1. The van der Waals surface area contributed by atoms with Crippen molar-refractivity contribution < 1.29 is 9.53 Å². The average Bonchev–Trinajstić information content (AvgIpc) is 3.02. The van der Waals surface area contributed by atoms with Gasteiger partial charge >= 0.3 is 0 Å². The van der Waals surface area contributed by atoms with Crippen LogP contribution in [0.1, 0.15) is 27.8 Å². The smallest absolute Gasteiger partial charge is 0.254 e. The third-order valence-corrected chi connectivity index (χ3v) is 3.30. The van der Waals surface area contributed by atoms with Gasteiger partial charge in [-0.15, -0.1) is 10.2 Å². The van der Waals surface area contributed by atoms with Crippen molar-refractivity contribution in [1.82, 2.24) is 25.5 Å². The molecule has 1 N–H and O–H groups in total. The topological polar surface area (TPSA) is 84.0 Å². The van der Waals surface area contributed by atoms with Crippen LogP contribution in [-0.4, -0.2) is 51.1 Å². The van der Waals surface area contributed by atoms with E-state index >= 15 is 0 Å². The number of hydrogen-bond donors (Lipinski definition) is 1. The molecule has 0 saturated carbocycles. The third-order valence-electron chi connectivity index (χ3n) is 3.30. The van der Waals surface area contributed by atoms with Crippen molar-refractivity contribution in [3.63, 3.8) is 0 Å². The standard InChI is InChI=1S/C13H15N5O2/c1-9-2-4-10(5-3-9)13(19)18-6-7-20-11(8-18)12-14-16-17-15-12/h2-5,11H,6-8H2,1H3,(H,14,15,16,17). The molecule has 1 aromatic heterocycles. The summed E-state index contributed by atoms with van der Waals surface area (Å²) in [6.07, 6.45) is -0.322. The van der Waals surface area contributed by atoms with Gasteiger partial charge < -0.3 is 9.64 Å². The minimum Gasteiger partial charge on any atom is -0.366 e. The summed E-state index contributed by atoms with van der Waals surface area (Å²) in [4.78, 5) is 14.2. The molecule has 1 saturated heterocycles. The zero-order chi connectivity index (χ0) is 13.9. The highest BCUT2D eigenvalue weighted by Gasteiger charge is 2.28. The van der Waals surface area contributed by atoms with E-state index < -0.39 is 0 Å². The molecule has 1 aromatic carbocycles. The Balaban J connectivity index is 1.73. The van der Waals surface area contributed by atoms with Crippen molar-refractivity contribution in [3.8, 4) is 0 Å². The zero-order valence-corrected chi connectivity index (χ0v) is 11.1. The van der Waals surface area contributed by atoms with Gasteiger partial charge in [0.15, 0.2) is 0 Å². The Morgan fingerprint density at radius 2 is 2.20 bits per heavy atom. The Labute approximate surface area is 115 Å². The van der Waals surface area contributed by atoms with Gasteiger partial charge in [0.25, 0.3) is 5.91 Å². The van der Waals surface area contributed by atoms with E-state index in [0.717, 1.165) is 5.56 Å². The summed E-state index contributed by atoms with van der Waals surface area (Å²) in [6, 6.07) is 7.56. The second-order valence-electron chi connectivity index (χ2n) is 4.75. The van der Waals surface area contributed by atoms with Crippen LogP contribution in [0.25, 0.3) is 0 Å². The molecule has 1 fully saturated rings. The number of amides is 1. The molecule has 104 valence electrons. The SMILES string of the molecule is Cc1ccc(C(=O)N2CCOC(c3nn[nH]n3)C2)cc1. The van der Waals surface area contributed by atoms with Crippen LogP contribution in [0.15, 0.2) is 24.3 Å². The van der Waals surface area contributed by atoms with Crippen LogP contribution < -0.4 is 0 Å². The number of morpholine rings is 1. The molecular formula is C13H15N5O2. The summed E-state index contributed by atoms with van der Waals surface area (Å²) in [5, 5.41) is 13.7. The molecule has 2 heterocycles. The first kappa shape index (κ1) is 12.7. The van der Waals surface area contributed by atoms with Crippen LogP contribution in [0, 0.1) is 6.92 Å². The quantitative estimate of drug-likeness (QED) is 0.871. The van der Waals surface area contributed by atoms with Gasteiger partial charge in [-0.05, 0) is 19.1 Å². The van der Waals surface area contributed by atoms with Gasteiger partial charge in [0.2, 0.25) is 5.82 Å². The fraction of sp³-hybridized carbons (Fsp3) is 0.385. The monoisotopic (exact) mass is 273 g/mol. The highest BCUT2D eigenvalue weighted by Crippen LogP contribution is 2.19. The zero-order valence-electron chi connectivity index (χ0n) is 11.1. The van der Waals surface area contributed by atoms with E-state index in [0.29, 0.717) is 31.1 Å². The van der Waals surface area contributed by atoms with Gasteiger partial charge in [-0.3, -0.25) is 4.79 Å². The maximum Gasteiger partial charge on any atom is 0.254 e. The van der Waals surface area contributed by atoms with E-state index in [1.165, 1.54) is 0 Å². The molecule has 1 amide bonds. The van der Waals surface area contributed by atoms with Crippen molar-refractivity contribution in [2.45, 2.75) is 13.0 Å². The lowest BCUT2D eigenvalue weighted by molar-refractivity contribution is -0.0268. The molecule has 20 heavy (non-hydrogen) atoms. The number of tetrazole rings is 1. The first-order valence-corrected chi connectivity index (χ1v) is 6.45. The molecule has 0 radical (unpaired) electrons. The van der Waals surface area contributed by atoms with Crippen molar-refractivity contribution in [1.29, 1.82) is 0 Å². The molecule has 1 atom stereocenters. The minimum absolute atomic E-state index is 0.00166. The summed E-state index contributed by atoms with van der Waals surface area (Å²) in [5.74, 6) is 0.480. The van der Waals surface area contributed by atoms with Crippen molar-refractivity contribution in [3.05, 3.63) is 41.2 Å². The van der Waals surface area contributed by atoms with Gasteiger partial charge in [0, 0.05) is 12.1 Å². The number of rotatable bonds is 2. The fourth-order valence-electron chi connectivity index (χ4n) is 2.17. The number of aromatic nitrogens is 4. The van der Waals surface area contributed by atoms with Crippen LogP contribution in [0.5, 0.6) is 0 Å². The first-order chi connectivity index (χ1) is 9.74. The molecule has 1 aliphatic rings. The molecule has 7 heteroatoms. The Morgan fingerprint density at radius 1 is 1.40 bits per heavy atom. The summed E-state index contributed by atoms with van der Waals surface area (Å²) in [6.45, 7) is 3.47. The van der Waals surface area contributed by atoms with E-state index in [4.69, 9.17) is 4.74 Å². The predicted octanol–water partition coefficient (Wildman–Crippen LogP) is 0.722. The van der Waals surface area contributed by atoms with Gasteiger partial charge in [-0.2, -0.15) is 5.21 Å². The number of nitrogens with one attached hydrogen (secondary N) is 1. The average molecular weight is 273 g/mol. The van der Waals surface area contributed by atoms with E-state index in [-0.39, 0.29) is 12.0 Å². The molecule has 0 bridgehead atoms. The normalized spacial score (nSPS) is 19.1. The number of ether oxygens (including phenoxy) is 1. The highest BCUT2D eigenvalue weighted by atomic mass is 16.5. The molecule has 3 rings (SSSR count). The van der Waals surface area contributed by atoms with Crippen LogP contribution in [0.2, 0.25) is 0 Å². The number of aryl methyl sites for hydroxylation is 1. The second-order valence-corrected chi connectivity index (χ2v) is 4.75. The number of benzene rings is 1. The molecular weight excluding hydrogens is 258 g/mol. The second kappa shape index (κ2) is 5.38. The molecule has 1 unspecified atom stereocenters. The molecule has 2 aromatic rings. The maximum absolute atomic E-state index is 12.4. The lowest BCUT2D eigenvalue weighted by Gasteiger charge is -2.31. The Morgan fingerprint density at radius 3 is 2.90 bits per heavy atom. The predicted molar refractivity (Wildman–Crippen MR) is 70.0 cm³/mol. The van der Waals surface area contributed by atoms with Crippen LogP contribution in [0.3, 0.4) is 0 Å². The number of nitrogens with zero attached hydrogens (tertiary/aromatic N) is 4. The first-order valence-electron chi connectivity index (χ1n) is 6.45. The molecule has 7 nitrogen and oxygen atoms in total. The van der Waals surface area contributed by atoms with Crippen LogP contribution >= 0.6 is 0 Å². The number of aromatic amines is 1. The van der Waals surface area contributed by atoms with Gasteiger partial charge in [0.1, 0.15) is 6.10 Å². The van der Waals surface area contributed by atoms with E-state index in [2.05, 4.69) is 20.6 Å². The van der Waals surface area contributed by atoms with E-state index in [1.54, 1.807) is 4.90 Å². The summed E-state index contributed by atoms with van der Waals surface area (Å²) >= 11 is 0. The summed E-state index contributed by atoms with van der Waals surface area (Å²) in [7, 11) is 0. The molecule has 0 spiro atoms. The minimum atomic E-state index is -0.322. The Hall–Kier alpha value is -2.28. The van der Waals surface area contributed by atoms with Gasteiger partial charge in [0.05, 0.1) is 13.2 Å². The van der Waals surface area contributed by atoms with Gasteiger partial charge in [-0.25, -0.2) is 0 Å². The maximum atomic E-state index is 12.4. The van der Waals surface area contributed by atoms with Crippen molar-refractivity contribution >= 4 is 5.91 Å². The van der Waals surface area contributed by atoms with Crippen molar-refractivity contribution in [2.24, 2.45) is 0 Å². The highest BCUT2D eigenvalue weighted by molar-refractivity contribution is 5.94. The third kappa shape index (κ3) is 2.53. The fourth-order valence-corrected chi connectivity index (χ4v) is 2.17. The Bertz CT molecular complexity index is 581. The number of carbonyl (C=O) groups is 1. The van der Waals surface area contributed by atoms with Crippen molar-refractivity contribution in [2.75, 3.05) is 19.7 Å². The van der Waals surface area contributed by atoms with E-state index in [1.807, 2.05) is 31.2 Å². The van der Waals surface area contributed by atoms with Gasteiger partial charge in [-0.1, -0.05) is 22.9 Å². The lowest BCUT2D eigenvalue weighted by atomic mass is 10.1. The number of hydrogen-bond acceptors (Lipinski definition) is 5. The summed E-state index contributed by atoms with van der Waals surface area (Å²) in [5.41, 5.74) is 1.82. The number of carbonyl (C=O) groups excluding carboxylic acids is 1. The molecule has 0 aliphatic carbocycles. The van der Waals surface area contributed by atoms with Crippen LogP contribution in [-0.2, 0) is 4.74 Å². The largest absolute Gasteiger partial charge is 0.366 e. The molecule has 1 aliphatic heterocycles. The summed E-state index contributed by atoms with van der Waals surface area (Å²) < 4.78 is 5.58. The van der Waals surface area contributed by atoms with Crippen LogP contribution in [0.4, 0.5) is 0 Å². The lowest BCUT2D eigenvalue weighted by Crippen LogP contribution is -2.42.